The van der Waals surface area contributed by atoms with Gasteiger partial charge in [0, 0.05) is 49.7 Å². The fourth-order valence-electron chi connectivity index (χ4n) is 5.14. The number of hydrogen-bond acceptors (Lipinski definition) is 4. The van der Waals surface area contributed by atoms with Gasteiger partial charge in [0.2, 0.25) is 0 Å². The van der Waals surface area contributed by atoms with E-state index in [1.165, 1.54) is 42.0 Å². The predicted octanol–water partition coefficient (Wildman–Crippen LogP) is 9.40. The van der Waals surface area contributed by atoms with Crippen molar-refractivity contribution < 1.29 is 30.0 Å². The van der Waals surface area contributed by atoms with E-state index in [2.05, 4.69) is 106 Å². The Labute approximate surface area is 260 Å². The van der Waals surface area contributed by atoms with E-state index in [4.69, 9.17) is 15.1 Å². The fourth-order valence-corrected chi connectivity index (χ4v) is 5.14. The van der Waals surface area contributed by atoms with Crippen LogP contribution < -0.4 is 0 Å². The summed E-state index contributed by atoms with van der Waals surface area (Å²) < 4.78 is 0. The van der Waals surface area contributed by atoms with Crippen LogP contribution in [0.25, 0.3) is 54.8 Å². The van der Waals surface area contributed by atoms with Gasteiger partial charge in [-0.3, -0.25) is 14.8 Å². The summed E-state index contributed by atoms with van der Waals surface area (Å²) in [5.41, 5.74) is 6.61. The number of aliphatic hydroxyl groups excluding tert-OH is 1. The molecule has 2 heterocycles. The molecule has 2 aromatic heterocycles. The summed E-state index contributed by atoms with van der Waals surface area (Å²) in [7, 11) is 0. The molecule has 4 nitrogen and oxygen atoms in total. The quantitative estimate of drug-likeness (QED) is 0.0854. The van der Waals surface area contributed by atoms with Crippen LogP contribution in [0.4, 0.5) is 0 Å². The molecule has 1 radical (unpaired) electrons. The van der Waals surface area contributed by atoms with Crippen molar-refractivity contribution in [1.29, 1.82) is 0 Å². The van der Waals surface area contributed by atoms with Crippen molar-refractivity contribution in [2.75, 3.05) is 0 Å². The molecule has 0 amide bonds. The second kappa shape index (κ2) is 12.8. The zero-order chi connectivity index (χ0) is 29.1. The summed E-state index contributed by atoms with van der Waals surface area (Å²) in [6, 6.07) is 33.5. The Hall–Kier alpha value is -4.18. The molecule has 6 aromatic rings. The minimum atomic E-state index is -0.125. The zero-order valence-electron chi connectivity index (χ0n) is 24.4. The van der Waals surface area contributed by atoms with Crippen LogP contribution in [0.3, 0.4) is 0 Å². The predicted molar refractivity (Wildman–Crippen MR) is 170 cm³/mol. The maximum Gasteiger partial charge on any atom is 0.155 e. The van der Waals surface area contributed by atoms with Crippen molar-refractivity contribution in [2.24, 2.45) is 0 Å². The summed E-state index contributed by atoms with van der Waals surface area (Å²) in [5.74, 6) is -0.0625. The Morgan fingerprint density at radius 2 is 1.50 bits per heavy atom. The van der Waals surface area contributed by atoms with E-state index in [-0.39, 0.29) is 37.1 Å². The number of allylic oxidation sites excluding steroid dienone is 2. The largest absolute Gasteiger partial charge is 0.512 e. The molecule has 4 aromatic carbocycles. The molecule has 0 saturated heterocycles. The summed E-state index contributed by atoms with van der Waals surface area (Å²) in [6.07, 6.45) is 5.04. The molecule has 0 saturated carbocycles. The topological polar surface area (TPSA) is 63.1 Å². The average Bonchev–Trinajstić information content (AvgIpc) is 2.95. The molecular weight excluding hydrogens is 697 g/mol. The maximum absolute atomic E-state index is 10.0. The van der Waals surface area contributed by atoms with Crippen molar-refractivity contribution in [3.8, 4) is 22.4 Å². The zero-order valence-corrected chi connectivity index (χ0v) is 26.8. The Bertz CT molecular complexity index is 1920. The summed E-state index contributed by atoms with van der Waals surface area (Å²) in [4.78, 5) is 19.7. The van der Waals surface area contributed by atoms with Gasteiger partial charge < -0.3 is 5.11 Å². The van der Waals surface area contributed by atoms with Gasteiger partial charge in [-0.1, -0.05) is 92.4 Å². The molecule has 5 heteroatoms. The maximum atomic E-state index is 10.0. The van der Waals surface area contributed by atoms with E-state index in [9.17, 15) is 4.79 Å². The Morgan fingerprint density at radius 3 is 2.17 bits per heavy atom. The Morgan fingerprint density at radius 1 is 0.786 bits per heavy atom. The monoisotopic (exact) mass is 730 g/mol. The van der Waals surface area contributed by atoms with E-state index in [1.807, 2.05) is 18.5 Å². The van der Waals surface area contributed by atoms with Gasteiger partial charge in [-0.25, -0.2) is 0 Å². The van der Waals surface area contributed by atoms with Crippen LogP contribution in [0.1, 0.15) is 40.2 Å². The molecule has 0 aliphatic heterocycles. The van der Waals surface area contributed by atoms with Gasteiger partial charge >= 0.3 is 0 Å². The van der Waals surface area contributed by atoms with Crippen LogP contribution in [0.5, 0.6) is 0 Å². The SMILES string of the molecule is CC(=O)/C=C(/C)O.CC(C)(C)c1cc(-c2nccc3c2cnc2cc(-c4ccccc4)ccc23)[c-]c2ccccc12.[Ir]. The van der Waals surface area contributed by atoms with Gasteiger partial charge in [0.1, 0.15) is 0 Å². The number of fused-ring (bicyclic) bond motifs is 4. The fraction of sp³-hybridized carbons (Fsp3) is 0.162. The van der Waals surface area contributed by atoms with E-state index in [1.54, 1.807) is 0 Å². The van der Waals surface area contributed by atoms with Crippen molar-refractivity contribution in [3.05, 3.63) is 121 Å². The van der Waals surface area contributed by atoms with Crippen LogP contribution in [0.15, 0.2) is 109 Å². The number of carbonyl (C=O) groups excluding carboxylic acids is 1. The second-order valence-electron chi connectivity index (χ2n) is 11.3. The molecule has 42 heavy (non-hydrogen) atoms. The van der Waals surface area contributed by atoms with Crippen LogP contribution in [-0.2, 0) is 30.3 Å². The smallest absolute Gasteiger partial charge is 0.155 e. The Balaban J connectivity index is 0.000000454. The van der Waals surface area contributed by atoms with E-state index >= 15 is 0 Å². The molecule has 0 unspecified atom stereocenters. The first-order valence-corrected chi connectivity index (χ1v) is 13.7. The number of aliphatic hydroxyl groups is 1. The number of aromatic nitrogens is 2. The first-order chi connectivity index (χ1) is 19.6. The molecule has 0 fully saturated rings. The minimum absolute atomic E-state index is 0. The summed E-state index contributed by atoms with van der Waals surface area (Å²) >= 11 is 0. The average molecular weight is 730 g/mol. The Kier molecular flexibility index (Phi) is 9.36. The number of hydrogen-bond donors (Lipinski definition) is 1. The van der Waals surface area contributed by atoms with Gasteiger partial charge in [0.15, 0.2) is 5.78 Å². The van der Waals surface area contributed by atoms with Crippen molar-refractivity contribution in [2.45, 2.75) is 40.0 Å². The van der Waals surface area contributed by atoms with Crippen LogP contribution in [-0.4, -0.2) is 20.9 Å². The normalized spacial score (nSPS) is 11.6. The summed E-state index contributed by atoms with van der Waals surface area (Å²) in [6.45, 7) is 9.62. The minimum Gasteiger partial charge on any atom is -0.512 e. The van der Waals surface area contributed by atoms with Gasteiger partial charge in [0.25, 0.3) is 0 Å². The third kappa shape index (κ3) is 6.65. The van der Waals surface area contributed by atoms with Gasteiger partial charge in [-0.2, -0.15) is 0 Å². The van der Waals surface area contributed by atoms with Crippen molar-refractivity contribution >= 4 is 38.2 Å². The van der Waals surface area contributed by atoms with E-state index in [0.29, 0.717) is 0 Å². The molecule has 6 rings (SSSR count). The number of benzene rings is 4. The molecule has 0 bridgehead atoms. The third-order valence-corrected chi connectivity index (χ3v) is 6.97. The van der Waals surface area contributed by atoms with Crippen molar-refractivity contribution in [1.82, 2.24) is 9.97 Å². The van der Waals surface area contributed by atoms with Crippen LogP contribution in [0, 0.1) is 6.07 Å². The number of pyridine rings is 2. The number of nitrogens with zero attached hydrogens (tertiary/aromatic N) is 2. The van der Waals surface area contributed by atoms with Gasteiger partial charge in [0.05, 0.1) is 11.3 Å². The molecule has 213 valence electrons. The number of rotatable bonds is 3. The number of ketones is 1. The summed E-state index contributed by atoms with van der Waals surface area (Å²) in [5, 5.41) is 14.1. The first-order valence-electron chi connectivity index (χ1n) is 13.7. The molecule has 0 atom stereocenters. The van der Waals surface area contributed by atoms with E-state index < -0.39 is 0 Å². The van der Waals surface area contributed by atoms with Gasteiger partial charge in [-0.15, -0.1) is 29.1 Å². The molecule has 1 N–H and O–H groups in total. The van der Waals surface area contributed by atoms with Crippen LogP contribution in [0.2, 0.25) is 0 Å². The molecular formula is C37H33IrN2O2-. The number of carbonyl (C=O) groups is 1. The van der Waals surface area contributed by atoms with Gasteiger partial charge in [-0.05, 0) is 53.3 Å². The van der Waals surface area contributed by atoms with Crippen LogP contribution >= 0.6 is 0 Å². The molecule has 0 aliphatic rings. The second-order valence-corrected chi connectivity index (χ2v) is 11.3. The molecule has 0 spiro atoms. The third-order valence-electron chi connectivity index (χ3n) is 6.97. The molecule has 0 aliphatic carbocycles. The van der Waals surface area contributed by atoms with E-state index in [0.717, 1.165) is 38.3 Å². The van der Waals surface area contributed by atoms with Crippen molar-refractivity contribution in [3.63, 3.8) is 0 Å². The first kappa shape index (κ1) is 30.8. The standard InChI is InChI=1S/C32H25N2.C5H8O2.Ir/c1-32(2,3)29-18-24(17-23-11-7-8-12-25(23)29)31-28-20-34-30-19-22(21-9-5-4-6-10-21)13-14-27(30)26(28)15-16-33-31;1-4(6)3-5(2)7;/h4-16,18-20H,1-3H3;3,6H,1-2H3;/q-1;;/b;4-3-;.